The minimum atomic E-state index is -4.38. The molecule has 0 spiro atoms. The normalized spacial score (nSPS) is 13.5. The molecule has 0 saturated carbocycles. The van der Waals surface area contributed by atoms with Crippen molar-refractivity contribution in [1.82, 2.24) is 5.43 Å². The standard InChI is InChI=1S/C13H13F3N2O/c1-8-5-6-19-12(8)11(18-17)9-3-2-4-10(7-9)13(14,15)16/h2-7,11,18H,17H2,1H3. The Hall–Kier alpha value is -1.79. The molecule has 3 N–H and O–H groups in total. The Morgan fingerprint density at radius 2 is 2.00 bits per heavy atom. The maximum atomic E-state index is 12.7. The van der Waals surface area contributed by atoms with Crippen LogP contribution in [0.2, 0.25) is 0 Å². The van der Waals surface area contributed by atoms with Crippen LogP contribution < -0.4 is 11.3 Å². The Bertz CT molecular complexity index is 563. The molecule has 0 radical (unpaired) electrons. The van der Waals surface area contributed by atoms with Crippen LogP contribution in [-0.2, 0) is 6.18 Å². The second kappa shape index (κ2) is 5.07. The Morgan fingerprint density at radius 3 is 2.53 bits per heavy atom. The molecule has 0 aliphatic heterocycles. The zero-order valence-corrected chi connectivity index (χ0v) is 10.2. The van der Waals surface area contributed by atoms with Gasteiger partial charge in [0.2, 0.25) is 0 Å². The first-order valence-electron chi connectivity index (χ1n) is 5.60. The molecular formula is C13H13F3N2O. The maximum absolute atomic E-state index is 12.7. The summed E-state index contributed by atoms with van der Waals surface area (Å²) in [7, 11) is 0. The van der Waals surface area contributed by atoms with E-state index in [9.17, 15) is 13.2 Å². The third-order valence-corrected chi connectivity index (χ3v) is 2.88. The number of aryl methyl sites for hydroxylation is 1. The number of alkyl halides is 3. The van der Waals surface area contributed by atoms with Crippen LogP contribution in [0.4, 0.5) is 13.2 Å². The van der Waals surface area contributed by atoms with Crippen LogP contribution in [0, 0.1) is 6.92 Å². The molecule has 0 amide bonds. The highest BCUT2D eigenvalue weighted by molar-refractivity contribution is 5.34. The van der Waals surface area contributed by atoms with E-state index in [0.717, 1.165) is 17.7 Å². The third kappa shape index (κ3) is 2.80. The van der Waals surface area contributed by atoms with Crippen molar-refractivity contribution in [3.8, 4) is 0 Å². The topological polar surface area (TPSA) is 51.2 Å². The van der Waals surface area contributed by atoms with E-state index in [1.807, 2.05) is 0 Å². The smallest absolute Gasteiger partial charge is 0.416 e. The number of hydrogen-bond donors (Lipinski definition) is 2. The maximum Gasteiger partial charge on any atom is 0.416 e. The van der Waals surface area contributed by atoms with E-state index >= 15 is 0 Å². The van der Waals surface area contributed by atoms with Gasteiger partial charge in [-0.05, 0) is 36.2 Å². The summed E-state index contributed by atoms with van der Waals surface area (Å²) in [5, 5.41) is 0. The summed E-state index contributed by atoms with van der Waals surface area (Å²) in [5.74, 6) is 5.93. The molecule has 0 aliphatic rings. The zero-order valence-electron chi connectivity index (χ0n) is 10.2. The van der Waals surface area contributed by atoms with Crippen molar-refractivity contribution in [2.75, 3.05) is 0 Å². The van der Waals surface area contributed by atoms with Crippen LogP contribution in [0.1, 0.15) is 28.5 Å². The summed E-state index contributed by atoms with van der Waals surface area (Å²) in [6.07, 6.45) is -2.91. The molecule has 2 aromatic rings. The molecule has 1 aromatic carbocycles. The Labute approximate surface area is 108 Å². The molecule has 6 heteroatoms. The molecular weight excluding hydrogens is 257 g/mol. The molecule has 0 aliphatic carbocycles. The predicted octanol–water partition coefficient (Wildman–Crippen LogP) is 3.16. The Balaban J connectivity index is 2.42. The summed E-state index contributed by atoms with van der Waals surface area (Å²) in [6.45, 7) is 1.80. The van der Waals surface area contributed by atoms with Crippen LogP contribution in [0.5, 0.6) is 0 Å². The van der Waals surface area contributed by atoms with Crippen molar-refractivity contribution < 1.29 is 17.6 Å². The summed E-state index contributed by atoms with van der Waals surface area (Å²) < 4.78 is 43.3. The van der Waals surface area contributed by atoms with Crippen LogP contribution in [-0.4, -0.2) is 0 Å². The lowest BCUT2D eigenvalue weighted by Crippen LogP contribution is -2.29. The van der Waals surface area contributed by atoms with Gasteiger partial charge in [-0.2, -0.15) is 13.2 Å². The van der Waals surface area contributed by atoms with Gasteiger partial charge >= 0.3 is 6.18 Å². The summed E-state index contributed by atoms with van der Waals surface area (Å²) in [5.41, 5.74) is 2.98. The summed E-state index contributed by atoms with van der Waals surface area (Å²) in [6, 6.07) is 6.12. The lowest BCUT2D eigenvalue weighted by molar-refractivity contribution is -0.137. The molecule has 3 nitrogen and oxygen atoms in total. The van der Waals surface area contributed by atoms with Gasteiger partial charge in [0.25, 0.3) is 0 Å². The van der Waals surface area contributed by atoms with E-state index in [1.54, 1.807) is 19.1 Å². The first-order chi connectivity index (χ1) is 8.93. The van der Waals surface area contributed by atoms with Crippen molar-refractivity contribution in [1.29, 1.82) is 0 Å². The Morgan fingerprint density at radius 1 is 1.26 bits per heavy atom. The molecule has 1 heterocycles. The quantitative estimate of drug-likeness (QED) is 0.665. The fourth-order valence-corrected chi connectivity index (χ4v) is 1.90. The number of hydrogen-bond acceptors (Lipinski definition) is 3. The summed E-state index contributed by atoms with van der Waals surface area (Å²) >= 11 is 0. The molecule has 0 bridgehead atoms. The van der Waals surface area contributed by atoms with Gasteiger partial charge in [-0.15, -0.1) is 0 Å². The number of hydrazine groups is 1. The van der Waals surface area contributed by atoms with Crippen molar-refractivity contribution in [3.05, 3.63) is 59.0 Å². The van der Waals surface area contributed by atoms with Gasteiger partial charge in [-0.3, -0.25) is 5.84 Å². The van der Waals surface area contributed by atoms with Gasteiger partial charge < -0.3 is 4.42 Å². The van der Waals surface area contributed by atoms with Crippen LogP contribution >= 0.6 is 0 Å². The largest absolute Gasteiger partial charge is 0.467 e. The van der Waals surface area contributed by atoms with Crippen molar-refractivity contribution in [2.45, 2.75) is 19.1 Å². The number of halogens is 3. The van der Waals surface area contributed by atoms with E-state index in [4.69, 9.17) is 10.3 Å². The van der Waals surface area contributed by atoms with Crippen LogP contribution in [0.15, 0.2) is 41.0 Å². The molecule has 1 unspecified atom stereocenters. The predicted molar refractivity (Wildman–Crippen MR) is 64.1 cm³/mol. The monoisotopic (exact) mass is 270 g/mol. The highest BCUT2D eigenvalue weighted by Crippen LogP contribution is 2.32. The third-order valence-electron chi connectivity index (χ3n) is 2.88. The highest BCUT2D eigenvalue weighted by atomic mass is 19.4. The average Bonchev–Trinajstić information content (AvgIpc) is 2.76. The summed E-state index contributed by atoms with van der Waals surface area (Å²) in [4.78, 5) is 0. The molecule has 1 aromatic heterocycles. The Kier molecular flexibility index (Phi) is 3.64. The zero-order chi connectivity index (χ0) is 14.0. The van der Waals surface area contributed by atoms with Crippen molar-refractivity contribution >= 4 is 0 Å². The van der Waals surface area contributed by atoms with Gasteiger partial charge in [0, 0.05) is 0 Å². The lowest BCUT2D eigenvalue weighted by Gasteiger charge is -2.16. The van der Waals surface area contributed by atoms with E-state index in [-0.39, 0.29) is 0 Å². The van der Waals surface area contributed by atoms with E-state index in [0.29, 0.717) is 11.3 Å². The van der Waals surface area contributed by atoms with Gasteiger partial charge in [-0.25, -0.2) is 5.43 Å². The second-order valence-corrected chi connectivity index (χ2v) is 4.19. The number of rotatable bonds is 3. The highest BCUT2D eigenvalue weighted by Gasteiger charge is 2.31. The van der Waals surface area contributed by atoms with E-state index in [2.05, 4.69) is 5.43 Å². The molecule has 19 heavy (non-hydrogen) atoms. The molecule has 1 atom stereocenters. The molecule has 102 valence electrons. The fraction of sp³-hybridized carbons (Fsp3) is 0.231. The van der Waals surface area contributed by atoms with Gasteiger partial charge in [0.05, 0.1) is 11.8 Å². The minimum Gasteiger partial charge on any atom is -0.467 e. The number of nitrogens with one attached hydrogen (secondary N) is 1. The van der Waals surface area contributed by atoms with E-state index in [1.165, 1.54) is 12.3 Å². The minimum absolute atomic E-state index is 0.398. The second-order valence-electron chi connectivity index (χ2n) is 4.19. The van der Waals surface area contributed by atoms with Crippen LogP contribution in [0.3, 0.4) is 0 Å². The first-order valence-corrected chi connectivity index (χ1v) is 5.60. The molecule has 0 saturated heterocycles. The van der Waals surface area contributed by atoms with Gasteiger partial charge in [0.15, 0.2) is 0 Å². The van der Waals surface area contributed by atoms with Crippen molar-refractivity contribution in [2.24, 2.45) is 5.84 Å². The van der Waals surface area contributed by atoms with E-state index < -0.39 is 17.8 Å². The lowest BCUT2D eigenvalue weighted by atomic mass is 10.0. The SMILES string of the molecule is Cc1ccoc1C(NN)c1cccc(C(F)(F)F)c1. The number of benzene rings is 1. The van der Waals surface area contributed by atoms with Gasteiger partial charge in [-0.1, -0.05) is 12.1 Å². The van der Waals surface area contributed by atoms with Crippen LogP contribution in [0.25, 0.3) is 0 Å². The fourth-order valence-electron chi connectivity index (χ4n) is 1.90. The molecule has 2 rings (SSSR count). The average molecular weight is 270 g/mol. The molecule has 0 fully saturated rings. The number of nitrogens with two attached hydrogens (primary N) is 1. The first kappa shape index (κ1) is 13.6. The van der Waals surface area contributed by atoms with Crippen molar-refractivity contribution in [3.63, 3.8) is 0 Å². The van der Waals surface area contributed by atoms with Gasteiger partial charge in [0.1, 0.15) is 11.8 Å². The number of furan rings is 1.